The van der Waals surface area contributed by atoms with E-state index >= 15 is 0 Å². The van der Waals surface area contributed by atoms with Gasteiger partial charge in [-0.05, 0) is 31.4 Å². The first kappa shape index (κ1) is 16.1. The Morgan fingerprint density at radius 1 is 1.40 bits per heavy atom. The Morgan fingerprint density at radius 3 is 2.70 bits per heavy atom. The average molecular weight is 280 g/mol. The molecule has 20 heavy (non-hydrogen) atoms. The van der Waals surface area contributed by atoms with Crippen LogP contribution in [-0.4, -0.2) is 25.1 Å². The minimum absolute atomic E-state index is 0.0243. The topological polar surface area (TPSA) is 50.7 Å². The van der Waals surface area contributed by atoms with Gasteiger partial charge in [-0.25, -0.2) is 9.38 Å². The van der Waals surface area contributed by atoms with Gasteiger partial charge in [0.15, 0.2) is 0 Å². The molecule has 1 aromatic rings. The van der Waals surface area contributed by atoms with E-state index in [9.17, 15) is 9.18 Å². The fourth-order valence-corrected chi connectivity index (χ4v) is 1.49. The van der Waals surface area contributed by atoms with E-state index in [4.69, 9.17) is 4.74 Å². The van der Waals surface area contributed by atoms with E-state index < -0.39 is 11.7 Å². The van der Waals surface area contributed by atoms with Gasteiger partial charge in [0, 0.05) is 6.54 Å². The zero-order valence-electron chi connectivity index (χ0n) is 12.1. The summed E-state index contributed by atoms with van der Waals surface area (Å²) in [6.07, 6.45) is 0.895. The second-order valence-electron chi connectivity index (χ2n) is 4.74. The molecule has 5 heteroatoms. The Balaban J connectivity index is 2.70. The van der Waals surface area contributed by atoms with Crippen LogP contribution >= 0.6 is 0 Å². The number of nitrogens with zero attached hydrogens (tertiary/aromatic N) is 1. The molecule has 0 aliphatic heterocycles. The number of aliphatic imine (C=N–C) groups is 1. The van der Waals surface area contributed by atoms with Gasteiger partial charge in [0.25, 0.3) is 11.9 Å². The van der Waals surface area contributed by atoms with Gasteiger partial charge in [0.05, 0.1) is 12.2 Å². The predicted molar refractivity (Wildman–Crippen MR) is 77.2 cm³/mol. The first-order valence-electron chi connectivity index (χ1n) is 6.77. The van der Waals surface area contributed by atoms with E-state index in [2.05, 4.69) is 24.2 Å². The number of amidine groups is 1. The second kappa shape index (κ2) is 8.30. The Hall–Kier alpha value is -1.91. The van der Waals surface area contributed by atoms with Gasteiger partial charge >= 0.3 is 0 Å². The summed E-state index contributed by atoms with van der Waals surface area (Å²) in [5.74, 6) is -0.605. The van der Waals surface area contributed by atoms with Crippen molar-refractivity contribution in [2.45, 2.75) is 27.2 Å². The van der Waals surface area contributed by atoms with Crippen LogP contribution in [0.1, 0.15) is 37.6 Å². The highest BCUT2D eigenvalue weighted by atomic mass is 19.1. The largest absolute Gasteiger partial charge is 0.465 e. The van der Waals surface area contributed by atoms with Crippen molar-refractivity contribution in [3.63, 3.8) is 0 Å². The molecule has 0 saturated carbocycles. The maximum Gasteiger partial charge on any atom is 0.291 e. The van der Waals surface area contributed by atoms with Crippen LogP contribution in [0.15, 0.2) is 29.3 Å². The number of amides is 1. The molecule has 0 unspecified atom stereocenters. The number of hydrogen-bond donors (Lipinski definition) is 1. The van der Waals surface area contributed by atoms with Gasteiger partial charge in [0.2, 0.25) is 0 Å². The van der Waals surface area contributed by atoms with E-state index in [1.165, 1.54) is 18.2 Å². The molecule has 0 fully saturated rings. The van der Waals surface area contributed by atoms with E-state index in [0.717, 1.165) is 6.42 Å². The molecule has 0 saturated heterocycles. The average Bonchev–Trinajstić information content (AvgIpc) is 2.38. The number of halogens is 1. The molecule has 0 aliphatic rings. The number of ether oxygens (including phenoxy) is 1. The van der Waals surface area contributed by atoms with Crippen molar-refractivity contribution in [3.8, 4) is 0 Å². The van der Waals surface area contributed by atoms with Gasteiger partial charge in [-0.3, -0.25) is 10.1 Å². The van der Waals surface area contributed by atoms with E-state index in [1.54, 1.807) is 13.0 Å². The number of hydrogen-bond acceptors (Lipinski definition) is 3. The van der Waals surface area contributed by atoms with Crippen LogP contribution in [0.4, 0.5) is 4.39 Å². The van der Waals surface area contributed by atoms with Crippen molar-refractivity contribution in [3.05, 3.63) is 35.6 Å². The first-order valence-corrected chi connectivity index (χ1v) is 6.77. The Kier molecular flexibility index (Phi) is 6.70. The van der Waals surface area contributed by atoms with Crippen LogP contribution in [0.2, 0.25) is 0 Å². The molecule has 0 aliphatic carbocycles. The monoisotopic (exact) mass is 280 g/mol. The normalized spacial score (nSPS) is 11.6. The Bertz CT molecular complexity index is 473. The number of rotatable bonds is 5. The van der Waals surface area contributed by atoms with Gasteiger partial charge in [0.1, 0.15) is 5.82 Å². The standard InChI is InChI=1S/C15H21FN2O2/c1-4-20-15(17-10-9-11(2)3)18-14(19)12-7-5-6-8-13(12)16/h5-8,11H,4,9-10H2,1-3H3,(H,17,18,19). The molecule has 4 nitrogen and oxygen atoms in total. The molecule has 0 heterocycles. The summed E-state index contributed by atoms with van der Waals surface area (Å²) >= 11 is 0. The second-order valence-corrected chi connectivity index (χ2v) is 4.74. The van der Waals surface area contributed by atoms with Gasteiger partial charge in [-0.2, -0.15) is 0 Å². The smallest absolute Gasteiger partial charge is 0.291 e. The first-order chi connectivity index (χ1) is 9.54. The summed E-state index contributed by atoms with van der Waals surface area (Å²) in [6.45, 7) is 6.93. The summed E-state index contributed by atoms with van der Waals surface area (Å²) in [5.41, 5.74) is -0.0243. The summed E-state index contributed by atoms with van der Waals surface area (Å²) in [6, 6.07) is 5.94. The van der Waals surface area contributed by atoms with Crippen molar-refractivity contribution in [1.82, 2.24) is 5.32 Å². The van der Waals surface area contributed by atoms with Crippen LogP contribution < -0.4 is 5.32 Å². The van der Waals surface area contributed by atoms with Crippen molar-refractivity contribution in [1.29, 1.82) is 0 Å². The fourth-order valence-electron chi connectivity index (χ4n) is 1.49. The molecule has 0 atom stereocenters. The molecule has 0 spiro atoms. The lowest BCUT2D eigenvalue weighted by Gasteiger charge is -2.10. The molecule has 110 valence electrons. The molecule has 0 aromatic heterocycles. The third kappa shape index (κ3) is 5.38. The molecule has 0 bridgehead atoms. The lowest BCUT2D eigenvalue weighted by Crippen LogP contribution is -2.33. The zero-order valence-corrected chi connectivity index (χ0v) is 12.1. The zero-order chi connectivity index (χ0) is 15.0. The molecule has 0 radical (unpaired) electrons. The maximum absolute atomic E-state index is 13.5. The van der Waals surface area contributed by atoms with Gasteiger partial charge < -0.3 is 4.74 Å². The van der Waals surface area contributed by atoms with E-state index in [-0.39, 0.29) is 11.6 Å². The fraction of sp³-hybridized carbons (Fsp3) is 0.467. The van der Waals surface area contributed by atoms with Crippen molar-refractivity contribution < 1.29 is 13.9 Å². The van der Waals surface area contributed by atoms with E-state index in [0.29, 0.717) is 19.1 Å². The van der Waals surface area contributed by atoms with Crippen LogP contribution in [0.5, 0.6) is 0 Å². The van der Waals surface area contributed by atoms with E-state index in [1.807, 2.05) is 0 Å². The Morgan fingerprint density at radius 2 is 2.10 bits per heavy atom. The molecular weight excluding hydrogens is 259 g/mol. The molecule has 1 aromatic carbocycles. The number of carbonyl (C=O) groups excluding carboxylic acids is 1. The molecule has 1 N–H and O–H groups in total. The van der Waals surface area contributed by atoms with Gasteiger partial charge in [-0.1, -0.05) is 26.0 Å². The minimum Gasteiger partial charge on any atom is -0.465 e. The number of carbonyl (C=O) groups is 1. The summed E-state index contributed by atoms with van der Waals surface area (Å²) < 4.78 is 18.7. The highest BCUT2D eigenvalue weighted by Crippen LogP contribution is 2.06. The molecule has 1 amide bonds. The number of nitrogens with one attached hydrogen (secondary N) is 1. The highest BCUT2D eigenvalue weighted by molar-refractivity contribution is 6.04. The van der Waals surface area contributed by atoms with Crippen molar-refractivity contribution in [2.24, 2.45) is 10.9 Å². The molecular formula is C15H21FN2O2. The third-order valence-electron chi connectivity index (χ3n) is 2.58. The van der Waals surface area contributed by atoms with Crippen LogP contribution in [0.3, 0.4) is 0 Å². The van der Waals surface area contributed by atoms with Crippen molar-refractivity contribution in [2.75, 3.05) is 13.2 Å². The number of benzene rings is 1. The predicted octanol–water partition coefficient (Wildman–Crippen LogP) is 2.99. The quantitative estimate of drug-likeness (QED) is 0.666. The van der Waals surface area contributed by atoms with Crippen LogP contribution in [0.25, 0.3) is 0 Å². The van der Waals surface area contributed by atoms with Gasteiger partial charge in [-0.15, -0.1) is 0 Å². The van der Waals surface area contributed by atoms with Crippen LogP contribution in [-0.2, 0) is 4.74 Å². The Labute approximate surface area is 119 Å². The van der Waals surface area contributed by atoms with Crippen LogP contribution in [0, 0.1) is 11.7 Å². The minimum atomic E-state index is -0.567. The SMILES string of the molecule is CCOC(=NCCC(C)C)NC(=O)c1ccccc1F. The van der Waals surface area contributed by atoms with Crippen molar-refractivity contribution >= 4 is 11.9 Å². The summed E-state index contributed by atoms with van der Waals surface area (Å²) in [5, 5.41) is 2.50. The lowest BCUT2D eigenvalue weighted by atomic mass is 10.1. The maximum atomic E-state index is 13.5. The lowest BCUT2D eigenvalue weighted by molar-refractivity contribution is 0.0962. The molecule has 1 rings (SSSR count). The highest BCUT2D eigenvalue weighted by Gasteiger charge is 2.13. The third-order valence-corrected chi connectivity index (χ3v) is 2.58. The summed E-state index contributed by atoms with van der Waals surface area (Å²) in [4.78, 5) is 16.1. The summed E-state index contributed by atoms with van der Waals surface area (Å²) in [7, 11) is 0.